The van der Waals surface area contributed by atoms with Crippen LogP contribution in [0.25, 0.3) is 0 Å². The van der Waals surface area contributed by atoms with Crippen molar-refractivity contribution in [3.63, 3.8) is 0 Å². The lowest BCUT2D eigenvalue weighted by Gasteiger charge is -2.42. The molecule has 0 amide bonds. The Kier molecular flexibility index (Phi) is 4.57. The average molecular weight is 257 g/mol. The van der Waals surface area contributed by atoms with Crippen LogP contribution in [0.4, 0.5) is 0 Å². The molecule has 2 rings (SSSR count). The SMILES string of the molecule is CC(N)C1CCCCN1C(C)c1cccc(C#N)c1. The summed E-state index contributed by atoms with van der Waals surface area (Å²) < 4.78 is 0. The molecule has 0 spiro atoms. The van der Waals surface area contributed by atoms with Crippen LogP contribution in [-0.4, -0.2) is 23.5 Å². The monoisotopic (exact) mass is 257 g/mol. The Bertz CT molecular complexity index is 461. The standard InChI is InChI=1S/C16H23N3/c1-12(18)16-8-3-4-9-19(16)13(2)15-7-5-6-14(10-15)11-17/h5-7,10,12-13,16H,3-4,8-9,18H2,1-2H3. The first-order chi connectivity index (χ1) is 9.13. The van der Waals surface area contributed by atoms with Crippen molar-refractivity contribution in [3.05, 3.63) is 35.4 Å². The maximum Gasteiger partial charge on any atom is 0.0991 e. The Morgan fingerprint density at radius 3 is 2.84 bits per heavy atom. The molecule has 0 radical (unpaired) electrons. The molecule has 0 bridgehead atoms. The molecule has 3 nitrogen and oxygen atoms in total. The first kappa shape index (κ1) is 14.0. The van der Waals surface area contributed by atoms with Crippen LogP contribution in [0.5, 0.6) is 0 Å². The number of nitriles is 1. The normalized spacial score (nSPS) is 23.6. The predicted octanol–water partition coefficient (Wildman–Crippen LogP) is 2.82. The first-order valence-corrected chi connectivity index (χ1v) is 7.15. The minimum absolute atomic E-state index is 0.196. The summed E-state index contributed by atoms with van der Waals surface area (Å²) in [5, 5.41) is 9.01. The fraction of sp³-hybridized carbons (Fsp3) is 0.562. The molecule has 102 valence electrons. The molecule has 1 heterocycles. The number of nitrogens with two attached hydrogens (primary N) is 1. The van der Waals surface area contributed by atoms with Crippen LogP contribution in [0, 0.1) is 11.3 Å². The third-order valence-electron chi connectivity index (χ3n) is 4.19. The Morgan fingerprint density at radius 1 is 1.37 bits per heavy atom. The zero-order valence-electron chi connectivity index (χ0n) is 11.8. The summed E-state index contributed by atoms with van der Waals surface area (Å²) in [6, 6.07) is 11.1. The van der Waals surface area contributed by atoms with Gasteiger partial charge in [-0.1, -0.05) is 18.6 Å². The molecule has 19 heavy (non-hydrogen) atoms. The van der Waals surface area contributed by atoms with Gasteiger partial charge in [0.2, 0.25) is 0 Å². The van der Waals surface area contributed by atoms with Crippen LogP contribution in [0.2, 0.25) is 0 Å². The zero-order valence-corrected chi connectivity index (χ0v) is 11.8. The highest BCUT2D eigenvalue weighted by Crippen LogP contribution is 2.29. The van der Waals surface area contributed by atoms with Gasteiger partial charge in [0, 0.05) is 18.1 Å². The Labute approximate surface area is 116 Å². The smallest absolute Gasteiger partial charge is 0.0991 e. The van der Waals surface area contributed by atoms with Crippen molar-refractivity contribution >= 4 is 0 Å². The molecule has 1 aromatic rings. The molecule has 0 aromatic heterocycles. The number of likely N-dealkylation sites (tertiary alicyclic amines) is 1. The van der Waals surface area contributed by atoms with Gasteiger partial charge in [-0.3, -0.25) is 4.90 Å². The second-order valence-electron chi connectivity index (χ2n) is 5.57. The number of hydrogen-bond donors (Lipinski definition) is 1. The van der Waals surface area contributed by atoms with Crippen LogP contribution in [0.1, 0.15) is 50.3 Å². The second-order valence-corrected chi connectivity index (χ2v) is 5.57. The molecule has 0 saturated carbocycles. The molecular weight excluding hydrogens is 234 g/mol. The van der Waals surface area contributed by atoms with Gasteiger partial charge in [0.15, 0.2) is 0 Å². The van der Waals surface area contributed by atoms with E-state index in [0.29, 0.717) is 12.1 Å². The Hall–Kier alpha value is -1.37. The molecule has 1 fully saturated rings. The van der Waals surface area contributed by atoms with Gasteiger partial charge < -0.3 is 5.73 Å². The molecule has 1 aliphatic heterocycles. The minimum Gasteiger partial charge on any atom is -0.327 e. The Balaban J connectivity index is 2.21. The van der Waals surface area contributed by atoms with Gasteiger partial charge in [0.25, 0.3) is 0 Å². The van der Waals surface area contributed by atoms with E-state index in [1.54, 1.807) is 0 Å². The first-order valence-electron chi connectivity index (χ1n) is 7.15. The van der Waals surface area contributed by atoms with Crippen LogP contribution in [-0.2, 0) is 0 Å². The number of benzene rings is 1. The zero-order chi connectivity index (χ0) is 13.8. The second kappa shape index (κ2) is 6.18. The van der Waals surface area contributed by atoms with Crippen molar-refractivity contribution in [2.75, 3.05) is 6.54 Å². The molecule has 1 aliphatic rings. The molecule has 0 aliphatic carbocycles. The van der Waals surface area contributed by atoms with E-state index in [4.69, 9.17) is 11.0 Å². The van der Waals surface area contributed by atoms with Crippen LogP contribution in [0.15, 0.2) is 24.3 Å². The highest BCUT2D eigenvalue weighted by Gasteiger charge is 2.29. The van der Waals surface area contributed by atoms with Crippen LogP contribution < -0.4 is 5.73 Å². The third kappa shape index (κ3) is 3.15. The summed E-state index contributed by atoms with van der Waals surface area (Å²) in [4.78, 5) is 2.50. The van der Waals surface area contributed by atoms with E-state index in [2.05, 4.69) is 30.9 Å². The third-order valence-corrected chi connectivity index (χ3v) is 4.19. The van der Waals surface area contributed by atoms with Crippen LogP contribution >= 0.6 is 0 Å². The number of hydrogen-bond acceptors (Lipinski definition) is 3. The highest BCUT2D eigenvalue weighted by molar-refractivity contribution is 5.34. The number of piperidine rings is 1. The van der Waals surface area contributed by atoms with E-state index < -0.39 is 0 Å². The molecule has 1 aromatic carbocycles. The summed E-state index contributed by atoms with van der Waals surface area (Å²) in [5.74, 6) is 0. The minimum atomic E-state index is 0.196. The molecule has 3 heteroatoms. The van der Waals surface area contributed by atoms with Crippen molar-refractivity contribution < 1.29 is 0 Å². The predicted molar refractivity (Wildman–Crippen MR) is 77.6 cm³/mol. The lowest BCUT2D eigenvalue weighted by atomic mass is 9.93. The van der Waals surface area contributed by atoms with E-state index >= 15 is 0 Å². The molecule has 3 unspecified atom stereocenters. The lowest BCUT2D eigenvalue weighted by molar-refractivity contribution is 0.0890. The van der Waals surface area contributed by atoms with E-state index in [1.807, 2.05) is 18.2 Å². The van der Waals surface area contributed by atoms with Gasteiger partial charge in [-0.25, -0.2) is 0 Å². The maximum atomic E-state index is 9.01. The van der Waals surface area contributed by atoms with E-state index in [1.165, 1.54) is 24.8 Å². The summed E-state index contributed by atoms with van der Waals surface area (Å²) >= 11 is 0. The van der Waals surface area contributed by atoms with Crippen molar-refractivity contribution in [2.24, 2.45) is 5.73 Å². The topological polar surface area (TPSA) is 53.0 Å². The summed E-state index contributed by atoms with van der Waals surface area (Å²) in [7, 11) is 0. The summed E-state index contributed by atoms with van der Waals surface area (Å²) in [6.45, 7) is 5.42. The van der Waals surface area contributed by atoms with Crippen molar-refractivity contribution in [3.8, 4) is 6.07 Å². The van der Waals surface area contributed by atoms with E-state index in [-0.39, 0.29) is 6.04 Å². The molecule has 3 atom stereocenters. The van der Waals surface area contributed by atoms with E-state index in [9.17, 15) is 0 Å². The summed E-state index contributed by atoms with van der Waals surface area (Å²) in [5.41, 5.74) is 8.08. The van der Waals surface area contributed by atoms with Gasteiger partial charge in [-0.15, -0.1) is 0 Å². The quantitative estimate of drug-likeness (QED) is 0.906. The van der Waals surface area contributed by atoms with Crippen LogP contribution in [0.3, 0.4) is 0 Å². The maximum absolute atomic E-state index is 9.01. The number of rotatable bonds is 3. The lowest BCUT2D eigenvalue weighted by Crippen LogP contribution is -2.49. The fourth-order valence-electron chi connectivity index (χ4n) is 3.08. The summed E-state index contributed by atoms with van der Waals surface area (Å²) in [6.07, 6.45) is 3.69. The molecule has 1 saturated heterocycles. The molecular formula is C16H23N3. The molecule has 2 N–H and O–H groups in total. The Morgan fingerprint density at radius 2 is 2.16 bits per heavy atom. The van der Waals surface area contributed by atoms with Crippen molar-refractivity contribution in [2.45, 2.75) is 51.2 Å². The van der Waals surface area contributed by atoms with Gasteiger partial charge in [0.1, 0.15) is 0 Å². The van der Waals surface area contributed by atoms with Gasteiger partial charge in [0.05, 0.1) is 11.6 Å². The average Bonchev–Trinajstić information content (AvgIpc) is 2.46. The fourth-order valence-corrected chi connectivity index (χ4v) is 3.08. The van der Waals surface area contributed by atoms with Gasteiger partial charge in [-0.05, 0) is 50.9 Å². The van der Waals surface area contributed by atoms with Gasteiger partial charge in [-0.2, -0.15) is 5.26 Å². The van der Waals surface area contributed by atoms with E-state index in [0.717, 1.165) is 12.1 Å². The van der Waals surface area contributed by atoms with Crippen molar-refractivity contribution in [1.82, 2.24) is 4.90 Å². The largest absolute Gasteiger partial charge is 0.327 e. The van der Waals surface area contributed by atoms with Crippen molar-refractivity contribution in [1.29, 1.82) is 5.26 Å². The van der Waals surface area contributed by atoms with Gasteiger partial charge >= 0.3 is 0 Å². The highest BCUT2D eigenvalue weighted by atomic mass is 15.2. The number of nitrogens with zero attached hydrogens (tertiary/aromatic N) is 2.